The Morgan fingerprint density at radius 1 is 0.867 bits per heavy atom. The molecule has 0 aliphatic heterocycles. The van der Waals surface area contributed by atoms with Gasteiger partial charge in [0.25, 0.3) is 0 Å². The van der Waals surface area contributed by atoms with Crippen LogP contribution in [0.25, 0.3) is 0 Å². The van der Waals surface area contributed by atoms with Crippen molar-refractivity contribution >= 4 is 33.5 Å². The van der Waals surface area contributed by atoms with Crippen LogP contribution in [-0.4, -0.2) is 57.6 Å². The van der Waals surface area contributed by atoms with E-state index in [2.05, 4.69) is 6.26 Å². The third kappa shape index (κ3) is 8.40. The molecule has 2 saturated carbocycles. The number of esters is 2. The van der Waals surface area contributed by atoms with Gasteiger partial charge in [-0.3, -0.25) is 9.59 Å². The number of carbonyl (C=O) groups excluding carboxylic acids is 2. The van der Waals surface area contributed by atoms with E-state index in [-0.39, 0.29) is 28.5 Å². The van der Waals surface area contributed by atoms with Crippen LogP contribution >= 0.6 is 11.8 Å². The van der Waals surface area contributed by atoms with E-state index in [9.17, 15) is 18.0 Å². The fourth-order valence-electron chi connectivity index (χ4n) is 4.12. The minimum absolute atomic E-state index is 0.0485. The summed E-state index contributed by atoms with van der Waals surface area (Å²) < 4.78 is 32.2. The summed E-state index contributed by atoms with van der Waals surface area (Å²) in [4.78, 5) is 23.4. The number of hydrogen-bond acceptors (Lipinski definition) is 7. The molecule has 0 heterocycles. The van der Waals surface area contributed by atoms with Crippen LogP contribution in [0.3, 0.4) is 0 Å². The van der Waals surface area contributed by atoms with E-state index in [1.54, 1.807) is 6.92 Å². The number of carbonyl (C=O) groups is 2. The first-order valence-electron chi connectivity index (χ1n) is 11.2. The first-order valence-corrected chi connectivity index (χ1v) is 14.6. The summed E-state index contributed by atoms with van der Waals surface area (Å²) in [5, 5.41) is 0. The van der Waals surface area contributed by atoms with Crippen LogP contribution < -0.4 is 0 Å². The predicted molar refractivity (Wildman–Crippen MR) is 122 cm³/mol. The summed E-state index contributed by atoms with van der Waals surface area (Å²) in [6.45, 7) is 4.59. The molecule has 0 saturated heterocycles. The van der Waals surface area contributed by atoms with E-state index in [1.807, 2.05) is 18.7 Å². The van der Waals surface area contributed by atoms with Crippen LogP contribution in [0.15, 0.2) is 0 Å². The molecular weight excluding hydrogens is 424 g/mol. The number of rotatable bonds is 12. The van der Waals surface area contributed by atoms with Crippen molar-refractivity contribution in [1.82, 2.24) is 0 Å². The Kier molecular flexibility index (Phi) is 11.8. The van der Waals surface area contributed by atoms with E-state index in [0.717, 1.165) is 50.7 Å². The number of ether oxygens (including phenoxy) is 2. The van der Waals surface area contributed by atoms with Gasteiger partial charge in [-0.2, -0.15) is 11.8 Å². The molecule has 2 aliphatic rings. The van der Waals surface area contributed by atoms with Crippen molar-refractivity contribution < 1.29 is 27.5 Å². The van der Waals surface area contributed by atoms with E-state index in [4.69, 9.17) is 9.47 Å². The lowest BCUT2D eigenvalue weighted by Gasteiger charge is -2.39. The van der Waals surface area contributed by atoms with Gasteiger partial charge in [-0.15, -0.1) is 0 Å². The molecule has 0 unspecified atom stereocenters. The molecule has 2 rings (SSSR count). The molecule has 30 heavy (non-hydrogen) atoms. The third-order valence-corrected chi connectivity index (χ3v) is 7.94. The van der Waals surface area contributed by atoms with Gasteiger partial charge in [0.15, 0.2) is 0 Å². The van der Waals surface area contributed by atoms with Crippen molar-refractivity contribution in [1.29, 1.82) is 0 Å². The van der Waals surface area contributed by atoms with Gasteiger partial charge in [-0.1, -0.05) is 12.8 Å². The Morgan fingerprint density at radius 3 is 1.60 bits per heavy atom. The number of sulfone groups is 1. The quantitative estimate of drug-likeness (QED) is 0.312. The van der Waals surface area contributed by atoms with Crippen molar-refractivity contribution in [2.75, 3.05) is 37.2 Å². The van der Waals surface area contributed by atoms with Crippen molar-refractivity contribution in [3.63, 3.8) is 0 Å². The summed E-state index contributed by atoms with van der Waals surface area (Å²) in [7, 11) is -2.92. The number of hydrogen-bond donors (Lipinski definition) is 0. The summed E-state index contributed by atoms with van der Waals surface area (Å²) in [5.74, 6) is 1.22. The predicted octanol–water partition coefficient (Wildman–Crippen LogP) is 4.41. The smallest absolute Gasteiger partial charge is 0.312 e. The molecule has 0 aromatic rings. The zero-order valence-electron chi connectivity index (χ0n) is 19.2. The van der Waals surface area contributed by atoms with Gasteiger partial charge in [0, 0.05) is 12.0 Å². The highest BCUT2D eigenvalue weighted by Crippen LogP contribution is 2.46. The van der Waals surface area contributed by atoms with Crippen LogP contribution in [0, 0.1) is 10.8 Å². The van der Waals surface area contributed by atoms with Crippen molar-refractivity contribution in [2.45, 2.75) is 78.1 Å². The van der Waals surface area contributed by atoms with Crippen LogP contribution in [0.2, 0.25) is 0 Å². The second-order valence-electron chi connectivity index (χ2n) is 8.54. The fraction of sp³-hybridized carbons (Fsp3) is 0.909. The first-order chi connectivity index (χ1) is 14.1. The molecule has 2 aliphatic carbocycles. The molecule has 0 amide bonds. The van der Waals surface area contributed by atoms with Gasteiger partial charge in [-0.05, 0) is 77.2 Å². The Bertz CT molecular complexity index is 636. The van der Waals surface area contributed by atoms with Gasteiger partial charge in [-0.25, -0.2) is 8.42 Å². The summed E-state index contributed by atoms with van der Waals surface area (Å²) >= 11 is 1.85. The van der Waals surface area contributed by atoms with Gasteiger partial charge in [0.2, 0.25) is 0 Å². The maximum Gasteiger partial charge on any atom is 0.312 e. The average molecular weight is 465 g/mol. The molecule has 0 aromatic heterocycles. The fourth-order valence-corrected chi connectivity index (χ4v) is 5.22. The lowest BCUT2D eigenvalue weighted by Crippen LogP contribution is -2.39. The molecule has 0 spiro atoms. The van der Waals surface area contributed by atoms with E-state index < -0.39 is 9.84 Å². The van der Waals surface area contributed by atoms with Crippen LogP contribution in [0.5, 0.6) is 0 Å². The van der Waals surface area contributed by atoms with Crippen molar-refractivity contribution in [3.05, 3.63) is 0 Å². The minimum Gasteiger partial charge on any atom is -0.466 e. The maximum absolute atomic E-state index is 11.7. The second-order valence-corrected chi connectivity index (χ2v) is 11.8. The van der Waals surface area contributed by atoms with Crippen LogP contribution in [0.1, 0.15) is 78.1 Å². The molecule has 0 bridgehead atoms. The van der Waals surface area contributed by atoms with Gasteiger partial charge >= 0.3 is 11.9 Å². The Hall–Kier alpha value is -0.760. The molecule has 2 fully saturated rings. The standard InChI is InChI=1S/C11H20O4S.C11H20O2S/c1-3-15-10(12)11(6-4-7-11)8-5-9-16(2,13)14;1-3-13-10(12)11(6-4-7-11)8-5-9-14-2/h3-9H2,1-2H3;3-9H2,1-2H3. The lowest BCUT2D eigenvalue weighted by atomic mass is 9.66. The van der Waals surface area contributed by atoms with Crippen LogP contribution in [-0.2, 0) is 28.9 Å². The monoisotopic (exact) mass is 464 g/mol. The SMILES string of the molecule is CCOC(=O)C1(CCCS(C)(=O)=O)CCC1.CCOC(=O)C1(CCCSC)CCC1. The van der Waals surface area contributed by atoms with Gasteiger partial charge in [0.05, 0.1) is 24.0 Å². The molecule has 0 radical (unpaired) electrons. The minimum atomic E-state index is -2.92. The highest BCUT2D eigenvalue weighted by atomic mass is 32.2. The highest BCUT2D eigenvalue weighted by molar-refractivity contribution is 7.98. The average Bonchev–Trinajstić information content (AvgIpc) is 2.59. The molecule has 0 aromatic carbocycles. The zero-order chi connectivity index (χ0) is 22.7. The third-order valence-electron chi connectivity index (χ3n) is 6.21. The molecule has 0 N–H and O–H groups in total. The maximum atomic E-state index is 11.7. The van der Waals surface area contributed by atoms with Gasteiger partial charge in [0.1, 0.15) is 9.84 Å². The summed E-state index contributed by atoms with van der Waals surface area (Å²) in [5.41, 5.74) is -0.466. The first kappa shape index (κ1) is 27.3. The van der Waals surface area contributed by atoms with E-state index >= 15 is 0 Å². The molecule has 6 nitrogen and oxygen atoms in total. The lowest BCUT2D eigenvalue weighted by molar-refractivity contribution is -0.162. The van der Waals surface area contributed by atoms with Crippen molar-refractivity contribution in [2.24, 2.45) is 10.8 Å². The molecule has 0 atom stereocenters. The second kappa shape index (κ2) is 12.9. The topological polar surface area (TPSA) is 86.7 Å². The number of thioether (sulfide) groups is 1. The Balaban J connectivity index is 0.000000303. The molecular formula is C22H40O6S2. The van der Waals surface area contributed by atoms with Crippen molar-refractivity contribution in [3.8, 4) is 0 Å². The van der Waals surface area contributed by atoms with E-state index in [0.29, 0.717) is 26.1 Å². The van der Waals surface area contributed by atoms with E-state index in [1.165, 1.54) is 12.7 Å². The zero-order valence-corrected chi connectivity index (χ0v) is 20.8. The van der Waals surface area contributed by atoms with Gasteiger partial charge < -0.3 is 9.47 Å². The molecule has 176 valence electrons. The Morgan fingerprint density at radius 2 is 1.30 bits per heavy atom. The molecule has 8 heteroatoms. The summed E-state index contributed by atoms with van der Waals surface area (Å²) in [6, 6.07) is 0. The normalized spacial score (nSPS) is 18.8. The largest absolute Gasteiger partial charge is 0.466 e. The Labute approximate surface area is 187 Å². The highest BCUT2D eigenvalue weighted by Gasteiger charge is 2.45. The van der Waals surface area contributed by atoms with Crippen LogP contribution in [0.4, 0.5) is 0 Å². The summed E-state index contributed by atoms with van der Waals surface area (Å²) in [6.07, 6.45) is 12.7.